The first kappa shape index (κ1) is 19.2. The maximum Gasteiger partial charge on any atom is 0.340 e. The number of carbonyl (C=O) groups is 1. The second kappa shape index (κ2) is 7.58. The van der Waals surface area contributed by atoms with E-state index in [9.17, 15) is 13.2 Å². The van der Waals surface area contributed by atoms with Crippen LogP contribution in [0.4, 0.5) is 0 Å². The van der Waals surface area contributed by atoms with E-state index in [1.165, 1.54) is 30.3 Å². The molecule has 134 valence electrons. The zero-order valence-corrected chi connectivity index (χ0v) is 16.7. The third kappa shape index (κ3) is 4.21. The van der Waals surface area contributed by atoms with Gasteiger partial charge in [-0.1, -0.05) is 65.4 Å². The molecule has 10 heteroatoms. The lowest BCUT2D eigenvalue weighted by molar-refractivity contribution is -0.115. The number of thioether (sulfide) groups is 1. The minimum absolute atomic E-state index is 0.0127. The summed E-state index contributed by atoms with van der Waals surface area (Å²) in [6, 6.07) is 10.4. The number of hydrogen-bond donors (Lipinski definition) is 1. The summed E-state index contributed by atoms with van der Waals surface area (Å²) in [6.07, 6.45) is 1.50. The molecule has 0 aliphatic carbocycles. The van der Waals surface area contributed by atoms with Crippen molar-refractivity contribution in [3.8, 4) is 5.75 Å². The fourth-order valence-corrected chi connectivity index (χ4v) is 4.80. The normalized spacial score (nSPS) is 16.0. The van der Waals surface area contributed by atoms with Gasteiger partial charge in [-0.15, -0.1) is 0 Å². The number of carbonyl (C=O) groups excluding carboxylic acids is 1. The summed E-state index contributed by atoms with van der Waals surface area (Å²) in [6.45, 7) is 0. The highest BCUT2D eigenvalue weighted by Gasteiger charge is 2.24. The Hall–Kier alpha value is -1.58. The van der Waals surface area contributed by atoms with Gasteiger partial charge in [0.25, 0.3) is 5.91 Å². The van der Waals surface area contributed by atoms with Crippen LogP contribution in [0.25, 0.3) is 6.08 Å². The van der Waals surface area contributed by atoms with Crippen LogP contribution in [-0.2, 0) is 14.9 Å². The van der Waals surface area contributed by atoms with Crippen LogP contribution in [0.1, 0.15) is 5.56 Å². The van der Waals surface area contributed by atoms with Crippen LogP contribution in [-0.4, -0.2) is 18.6 Å². The Morgan fingerprint density at radius 1 is 1.15 bits per heavy atom. The summed E-state index contributed by atoms with van der Waals surface area (Å²) < 4.78 is 30.7. The highest BCUT2D eigenvalue weighted by Crippen LogP contribution is 2.32. The van der Waals surface area contributed by atoms with Gasteiger partial charge in [-0.25, -0.2) is 0 Å². The molecule has 0 aromatic heterocycles. The minimum atomic E-state index is -4.23. The van der Waals surface area contributed by atoms with Gasteiger partial charge in [0, 0.05) is 10.6 Å². The van der Waals surface area contributed by atoms with E-state index in [0.717, 1.165) is 11.8 Å². The van der Waals surface area contributed by atoms with Gasteiger partial charge in [-0.3, -0.25) is 4.79 Å². The van der Waals surface area contributed by atoms with Gasteiger partial charge >= 0.3 is 10.1 Å². The molecule has 5 nitrogen and oxygen atoms in total. The Kier molecular flexibility index (Phi) is 5.59. The van der Waals surface area contributed by atoms with E-state index in [4.69, 9.17) is 39.6 Å². The summed E-state index contributed by atoms with van der Waals surface area (Å²) >= 11 is 17.8. The van der Waals surface area contributed by atoms with Gasteiger partial charge in [0.15, 0.2) is 0 Å². The van der Waals surface area contributed by atoms with E-state index in [0.29, 0.717) is 14.8 Å². The molecule has 0 saturated carbocycles. The average Bonchev–Trinajstić information content (AvgIpc) is 2.88. The van der Waals surface area contributed by atoms with Gasteiger partial charge in [0.1, 0.15) is 15.0 Å². The lowest BCUT2D eigenvalue weighted by atomic mass is 10.2. The van der Waals surface area contributed by atoms with Gasteiger partial charge in [-0.05, 0) is 30.3 Å². The van der Waals surface area contributed by atoms with Gasteiger partial charge in [0.05, 0.1) is 9.93 Å². The van der Waals surface area contributed by atoms with Gasteiger partial charge < -0.3 is 9.50 Å². The molecular formula is C16H9Cl2NO4S3. The first-order chi connectivity index (χ1) is 12.3. The monoisotopic (exact) mass is 445 g/mol. The molecule has 3 rings (SSSR count). The Morgan fingerprint density at radius 3 is 2.58 bits per heavy atom. The molecule has 1 aliphatic rings. The summed E-state index contributed by atoms with van der Waals surface area (Å²) in [5.74, 6) is -0.308. The number of halogens is 2. The fourth-order valence-electron chi connectivity index (χ4n) is 2.07. The Bertz CT molecular complexity index is 1050. The van der Waals surface area contributed by atoms with E-state index in [2.05, 4.69) is 5.32 Å². The standard InChI is InChI=1S/C16H9Cl2NO4S3/c17-10-5-6-11(18)14(8-10)26(21,22)23-12-4-2-1-3-9(12)7-13-15(20)19-16(24)25-13/h1-8H,(H,19,20,24)/b13-7+. The van der Waals surface area contributed by atoms with Crippen LogP contribution in [0.3, 0.4) is 0 Å². The van der Waals surface area contributed by atoms with Crippen molar-refractivity contribution >= 4 is 73.6 Å². The second-order valence-corrected chi connectivity index (χ2v) is 9.08. The molecule has 0 radical (unpaired) electrons. The first-order valence-corrected chi connectivity index (χ1v) is 10.4. The predicted molar refractivity (Wildman–Crippen MR) is 107 cm³/mol. The van der Waals surface area contributed by atoms with Gasteiger partial charge in [-0.2, -0.15) is 8.42 Å². The number of amides is 1. The molecular weight excluding hydrogens is 437 g/mol. The Balaban J connectivity index is 1.99. The highest BCUT2D eigenvalue weighted by molar-refractivity contribution is 8.26. The third-order valence-corrected chi connectivity index (χ3v) is 6.32. The number of para-hydroxylation sites is 1. The molecule has 1 aliphatic heterocycles. The number of hydrogen-bond acceptors (Lipinski definition) is 6. The Labute approximate surface area is 169 Å². The molecule has 1 fully saturated rings. The van der Waals surface area contributed by atoms with Crippen molar-refractivity contribution in [2.75, 3.05) is 0 Å². The van der Waals surface area contributed by atoms with Crippen molar-refractivity contribution in [1.82, 2.24) is 5.32 Å². The first-order valence-electron chi connectivity index (χ1n) is 7.00. The number of rotatable bonds is 4. The van der Waals surface area contributed by atoms with E-state index >= 15 is 0 Å². The van der Waals surface area contributed by atoms with Crippen LogP contribution >= 0.6 is 47.2 Å². The Morgan fingerprint density at radius 2 is 1.88 bits per heavy atom. The number of nitrogens with one attached hydrogen (secondary N) is 1. The zero-order valence-electron chi connectivity index (χ0n) is 12.7. The van der Waals surface area contributed by atoms with Crippen LogP contribution in [0.5, 0.6) is 5.75 Å². The van der Waals surface area contributed by atoms with Crippen LogP contribution in [0, 0.1) is 0 Å². The van der Waals surface area contributed by atoms with Crippen LogP contribution in [0.15, 0.2) is 52.3 Å². The lowest BCUT2D eigenvalue weighted by Gasteiger charge is -2.11. The molecule has 1 N–H and O–H groups in total. The molecule has 2 aromatic rings. The summed E-state index contributed by atoms with van der Waals surface area (Å²) in [5.41, 5.74) is 0.400. The topological polar surface area (TPSA) is 72.5 Å². The summed E-state index contributed by atoms with van der Waals surface area (Å²) in [5, 5.41) is 2.69. The van der Waals surface area contributed by atoms with Crippen molar-refractivity contribution in [2.24, 2.45) is 0 Å². The molecule has 26 heavy (non-hydrogen) atoms. The number of thiocarbonyl (C=S) groups is 1. The van der Waals surface area contributed by atoms with Crippen molar-refractivity contribution in [3.05, 3.63) is 63.0 Å². The zero-order chi connectivity index (χ0) is 18.9. The van der Waals surface area contributed by atoms with Crippen LogP contribution < -0.4 is 9.50 Å². The second-order valence-electron chi connectivity index (χ2n) is 5.00. The van der Waals surface area contributed by atoms with Crippen LogP contribution in [0.2, 0.25) is 10.0 Å². The van der Waals surface area contributed by atoms with Gasteiger partial charge in [0.2, 0.25) is 0 Å². The molecule has 1 amide bonds. The van der Waals surface area contributed by atoms with Crippen molar-refractivity contribution in [3.63, 3.8) is 0 Å². The molecule has 0 atom stereocenters. The largest absolute Gasteiger partial charge is 0.378 e. The van der Waals surface area contributed by atoms with Crippen molar-refractivity contribution in [1.29, 1.82) is 0 Å². The third-order valence-electron chi connectivity index (χ3n) is 3.21. The molecule has 1 saturated heterocycles. The molecule has 1 heterocycles. The van der Waals surface area contributed by atoms with Crippen molar-refractivity contribution in [2.45, 2.75) is 4.90 Å². The smallest absolute Gasteiger partial charge is 0.340 e. The maximum atomic E-state index is 12.6. The quantitative estimate of drug-likeness (QED) is 0.430. The lowest BCUT2D eigenvalue weighted by Crippen LogP contribution is -2.17. The molecule has 0 bridgehead atoms. The average molecular weight is 446 g/mol. The fraction of sp³-hybridized carbons (Fsp3) is 0. The number of benzene rings is 2. The van der Waals surface area contributed by atoms with E-state index in [1.54, 1.807) is 18.2 Å². The predicted octanol–water partition coefficient (Wildman–Crippen LogP) is 4.25. The highest BCUT2D eigenvalue weighted by atomic mass is 35.5. The minimum Gasteiger partial charge on any atom is -0.378 e. The van der Waals surface area contributed by atoms with Crippen molar-refractivity contribution < 1.29 is 17.4 Å². The maximum absolute atomic E-state index is 12.6. The molecule has 0 unspecified atom stereocenters. The molecule has 0 spiro atoms. The van der Waals surface area contributed by atoms with E-state index < -0.39 is 10.1 Å². The summed E-state index contributed by atoms with van der Waals surface area (Å²) in [7, 11) is -4.23. The molecule has 2 aromatic carbocycles. The van der Waals surface area contributed by atoms with E-state index in [-0.39, 0.29) is 26.6 Å². The summed E-state index contributed by atoms with van der Waals surface area (Å²) in [4.78, 5) is 11.9. The SMILES string of the molecule is O=C1NC(=S)S/C1=C/c1ccccc1OS(=O)(=O)c1cc(Cl)ccc1Cl. The van der Waals surface area contributed by atoms with E-state index in [1.807, 2.05) is 0 Å².